The lowest BCUT2D eigenvalue weighted by molar-refractivity contribution is 0.415. The fourth-order valence-electron chi connectivity index (χ4n) is 1.21. The van der Waals surface area contributed by atoms with Crippen molar-refractivity contribution in [2.24, 2.45) is 0 Å². The van der Waals surface area contributed by atoms with E-state index in [9.17, 15) is 0 Å². The van der Waals surface area contributed by atoms with Crippen LogP contribution in [0, 0.1) is 0 Å². The first-order valence-corrected chi connectivity index (χ1v) is 4.30. The summed E-state index contributed by atoms with van der Waals surface area (Å²) in [6.45, 7) is 0. The van der Waals surface area contributed by atoms with Crippen molar-refractivity contribution in [2.75, 3.05) is 7.11 Å². The quantitative estimate of drug-likeness (QED) is 0.720. The van der Waals surface area contributed by atoms with Gasteiger partial charge in [-0.2, -0.15) is 0 Å². The summed E-state index contributed by atoms with van der Waals surface area (Å²) in [6.07, 6.45) is 5.08. The van der Waals surface area contributed by atoms with Crippen molar-refractivity contribution in [3.8, 4) is 17.0 Å². The summed E-state index contributed by atoms with van der Waals surface area (Å²) in [6, 6.07) is 7.74. The van der Waals surface area contributed by atoms with Gasteiger partial charge in [-0.05, 0) is 24.3 Å². The van der Waals surface area contributed by atoms with Crippen LogP contribution in [0.4, 0.5) is 0 Å². The van der Waals surface area contributed by atoms with Crippen molar-refractivity contribution in [1.82, 2.24) is 9.97 Å². The van der Waals surface area contributed by atoms with Crippen LogP contribution in [-0.4, -0.2) is 17.1 Å². The molecule has 0 atom stereocenters. The van der Waals surface area contributed by atoms with Crippen molar-refractivity contribution < 1.29 is 4.74 Å². The maximum Gasteiger partial charge on any atom is 0.118 e. The number of aromatic nitrogens is 2. The monoisotopic (exact) mass is 186 g/mol. The molecule has 0 saturated heterocycles. The summed E-state index contributed by atoms with van der Waals surface area (Å²) in [5.74, 6) is 0.845. The highest BCUT2D eigenvalue weighted by atomic mass is 16.5. The van der Waals surface area contributed by atoms with E-state index in [0.29, 0.717) is 0 Å². The van der Waals surface area contributed by atoms with Crippen LogP contribution in [0.15, 0.2) is 42.9 Å². The van der Waals surface area contributed by atoms with E-state index in [4.69, 9.17) is 4.74 Å². The first-order chi connectivity index (χ1) is 6.90. The van der Waals surface area contributed by atoms with E-state index in [0.717, 1.165) is 17.0 Å². The van der Waals surface area contributed by atoms with E-state index in [1.54, 1.807) is 25.7 Å². The molecule has 0 amide bonds. The van der Waals surface area contributed by atoms with E-state index < -0.39 is 0 Å². The van der Waals surface area contributed by atoms with Gasteiger partial charge < -0.3 is 4.74 Å². The maximum atomic E-state index is 5.07. The highest BCUT2D eigenvalue weighted by Gasteiger charge is 1.98. The second kappa shape index (κ2) is 3.87. The number of hydrogen-bond acceptors (Lipinski definition) is 3. The third-order valence-electron chi connectivity index (χ3n) is 1.95. The van der Waals surface area contributed by atoms with Crippen LogP contribution < -0.4 is 4.74 Å². The van der Waals surface area contributed by atoms with Crippen molar-refractivity contribution in [2.45, 2.75) is 0 Å². The Morgan fingerprint density at radius 1 is 1.07 bits per heavy atom. The molecule has 0 aliphatic heterocycles. The second-order valence-corrected chi connectivity index (χ2v) is 2.82. The van der Waals surface area contributed by atoms with E-state index in [1.807, 2.05) is 24.3 Å². The summed E-state index contributed by atoms with van der Waals surface area (Å²) in [5.41, 5.74) is 1.91. The Bertz CT molecular complexity index is 397. The largest absolute Gasteiger partial charge is 0.497 e. The molecular formula is C11H10N2O. The summed E-state index contributed by atoms with van der Waals surface area (Å²) in [7, 11) is 1.65. The smallest absolute Gasteiger partial charge is 0.118 e. The number of rotatable bonds is 2. The molecule has 70 valence electrons. The van der Waals surface area contributed by atoms with Gasteiger partial charge in [0.15, 0.2) is 0 Å². The topological polar surface area (TPSA) is 35.0 Å². The molecule has 1 aromatic carbocycles. The van der Waals surface area contributed by atoms with Gasteiger partial charge in [0.25, 0.3) is 0 Å². The first kappa shape index (κ1) is 8.69. The molecule has 0 fully saturated rings. The number of ether oxygens (including phenoxy) is 1. The Hall–Kier alpha value is -1.90. The number of methoxy groups -OCH3 is 1. The molecule has 0 aliphatic rings. The minimum Gasteiger partial charge on any atom is -0.497 e. The Morgan fingerprint density at radius 3 is 2.43 bits per heavy atom. The summed E-state index contributed by atoms with van der Waals surface area (Å²) in [5, 5.41) is 0. The Morgan fingerprint density at radius 2 is 1.86 bits per heavy atom. The van der Waals surface area contributed by atoms with Crippen molar-refractivity contribution in [3.05, 3.63) is 42.9 Å². The van der Waals surface area contributed by atoms with Crippen LogP contribution in [0.3, 0.4) is 0 Å². The molecule has 0 N–H and O–H groups in total. The maximum absolute atomic E-state index is 5.07. The number of nitrogens with zero attached hydrogens (tertiary/aromatic N) is 2. The van der Waals surface area contributed by atoms with Crippen molar-refractivity contribution >= 4 is 0 Å². The lowest BCUT2D eigenvalue weighted by Crippen LogP contribution is -1.85. The van der Waals surface area contributed by atoms with Gasteiger partial charge >= 0.3 is 0 Å². The predicted octanol–water partition coefficient (Wildman–Crippen LogP) is 2.15. The van der Waals surface area contributed by atoms with Crippen LogP contribution in [0.5, 0.6) is 5.75 Å². The summed E-state index contributed by atoms with van der Waals surface area (Å²) in [4.78, 5) is 8.21. The molecule has 0 unspecified atom stereocenters. The summed E-state index contributed by atoms with van der Waals surface area (Å²) < 4.78 is 5.07. The Balaban J connectivity index is 2.34. The van der Waals surface area contributed by atoms with Crippen LogP contribution in [0.1, 0.15) is 0 Å². The highest BCUT2D eigenvalue weighted by Crippen LogP contribution is 2.19. The number of benzene rings is 1. The SMILES string of the molecule is COc1ccc(-c2cnccn2)cc1. The van der Waals surface area contributed by atoms with E-state index in [-0.39, 0.29) is 0 Å². The zero-order valence-corrected chi connectivity index (χ0v) is 7.84. The van der Waals surface area contributed by atoms with Gasteiger partial charge in [0.05, 0.1) is 19.0 Å². The van der Waals surface area contributed by atoms with Gasteiger partial charge in [-0.15, -0.1) is 0 Å². The van der Waals surface area contributed by atoms with E-state index in [1.165, 1.54) is 0 Å². The molecule has 0 spiro atoms. The molecule has 2 rings (SSSR count). The summed E-state index contributed by atoms with van der Waals surface area (Å²) >= 11 is 0. The highest BCUT2D eigenvalue weighted by molar-refractivity contribution is 5.58. The fourth-order valence-corrected chi connectivity index (χ4v) is 1.21. The molecule has 3 nitrogen and oxygen atoms in total. The van der Waals surface area contributed by atoms with Gasteiger partial charge in [-0.3, -0.25) is 9.97 Å². The molecule has 0 bridgehead atoms. The van der Waals surface area contributed by atoms with Gasteiger partial charge in [0.1, 0.15) is 5.75 Å². The molecule has 2 aromatic rings. The standard InChI is InChI=1S/C11H10N2O/c1-14-10-4-2-9(3-5-10)11-8-12-6-7-13-11/h2-8H,1H3. The molecular weight excluding hydrogens is 176 g/mol. The van der Waals surface area contributed by atoms with Gasteiger partial charge in [-0.1, -0.05) is 0 Å². The molecule has 1 heterocycles. The Labute approximate surface area is 82.4 Å². The lowest BCUT2D eigenvalue weighted by atomic mass is 10.1. The van der Waals surface area contributed by atoms with Crippen LogP contribution in [-0.2, 0) is 0 Å². The third kappa shape index (κ3) is 1.71. The van der Waals surface area contributed by atoms with Crippen molar-refractivity contribution in [3.63, 3.8) is 0 Å². The van der Waals surface area contributed by atoms with Gasteiger partial charge in [-0.25, -0.2) is 0 Å². The van der Waals surface area contributed by atoms with E-state index in [2.05, 4.69) is 9.97 Å². The van der Waals surface area contributed by atoms with Crippen LogP contribution in [0.2, 0.25) is 0 Å². The second-order valence-electron chi connectivity index (χ2n) is 2.82. The molecule has 14 heavy (non-hydrogen) atoms. The molecule has 0 saturated carbocycles. The van der Waals surface area contributed by atoms with Crippen LogP contribution >= 0.6 is 0 Å². The van der Waals surface area contributed by atoms with Crippen molar-refractivity contribution in [1.29, 1.82) is 0 Å². The molecule has 0 aliphatic carbocycles. The Kier molecular flexibility index (Phi) is 2.40. The van der Waals surface area contributed by atoms with Gasteiger partial charge in [0.2, 0.25) is 0 Å². The minimum absolute atomic E-state index is 0.845. The molecule has 0 radical (unpaired) electrons. The average molecular weight is 186 g/mol. The minimum atomic E-state index is 0.845. The average Bonchev–Trinajstić information content (AvgIpc) is 2.30. The first-order valence-electron chi connectivity index (χ1n) is 4.30. The predicted molar refractivity (Wildman–Crippen MR) is 54.0 cm³/mol. The fraction of sp³-hybridized carbons (Fsp3) is 0.0909. The zero-order valence-electron chi connectivity index (χ0n) is 7.84. The number of hydrogen-bond donors (Lipinski definition) is 0. The van der Waals surface area contributed by atoms with E-state index >= 15 is 0 Å². The molecule has 3 heteroatoms. The molecule has 1 aromatic heterocycles. The lowest BCUT2D eigenvalue weighted by Gasteiger charge is -2.01. The van der Waals surface area contributed by atoms with Crippen LogP contribution in [0.25, 0.3) is 11.3 Å². The third-order valence-corrected chi connectivity index (χ3v) is 1.95. The normalized spacial score (nSPS) is 9.79. The van der Waals surface area contributed by atoms with Gasteiger partial charge in [0, 0.05) is 18.0 Å². The zero-order chi connectivity index (χ0) is 9.80.